The van der Waals surface area contributed by atoms with Crippen LogP contribution in [0.2, 0.25) is 0 Å². The standard InChI is InChI=1S/C11H7BrF2N2O/c1-16-3-2-15-11(16)10(17)9-7(13)4-6(12)5-8(9)14/h2-5H,1H3. The van der Waals surface area contributed by atoms with Gasteiger partial charge in [0.25, 0.3) is 0 Å². The molecule has 0 atom stereocenters. The highest BCUT2D eigenvalue weighted by Gasteiger charge is 2.22. The van der Waals surface area contributed by atoms with Gasteiger partial charge in [0.05, 0.1) is 5.56 Å². The molecule has 0 fully saturated rings. The van der Waals surface area contributed by atoms with Crippen LogP contribution in [0.5, 0.6) is 0 Å². The molecule has 0 aliphatic carbocycles. The van der Waals surface area contributed by atoms with Crippen LogP contribution < -0.4 is 0 Å². The second-order valence-electron chi connectivity index (χ2n) is 3.44. The first kappa shape index (κ1) is 11.9. The molecule has 1 aromatic heterocycles. The van der Waals surface area contributed by atoms with Crippen LogP contribution in [0.3, 0.4) is 0 Å². The second kappa shape index (κ2) is 4.37. The number of aryl methyl sites for hydroxylation is 1. The van der Waals surface area contributed by atoms with E-state index in [2.05, 4.69) is 20.9 Å². The third-order valence-electron chi connectivity index (χ3n) is 2.26. The molecule has 0 aliphatic heterocycles. The zero-order chi connectivity index (χ0) is 12.6. The Balaban J connectivity index is 2.56. The lowest BCUT2D eigenvalue weighted by molar-refractivity contribution is 0.101. The zero-order valence-electron chi connectivity index (χ0n) is 8.75. The monoisotopic (exact) mass is 300 g/mol. The number of hydrogen-bond donors (Lipinski definition) is 0. The number of carbonyl (C=O) groups is 1. The minimum absolute atomic E-state index is 0.00915. The van der Waals surface area contributed by atoms with Gasteiger partial charge in [-0.15, -0.1) is 0 Å². The minimum Gasteiger partial charge on any atom is -0.331 e. The molecule has 88 valence electrons. The fourth-order valence-electron chi connectivity index (χ4n) is 1.46. The third-order valence-corrected chi connectivity index (χ3v) is 2.72. The molecule has 0 saturated heterocycles. The maximum Gasteiger partial charge on any atom is 0.234 e. The predicted molar refractivity (Wildman–Crippen MR) is 60.7 cm³/mol. The van der Waals surface area contributed by atoms with Crippen LogP contribution in [0.1, 0.15) is 16.2 Å². The van der Waals surface area contributed by atoms with E-state index in [9.17, 15) is 13.6 Å². The Morgan fingerprint density at radius 2 is 1.94 bits per heavy atom. The van der Waals surface area contributed by atoms with Gasteiger partial charge in [-0.25, -0.2) is 13.8 Å². The van der Waals surface area contributed by atoms with Gasteiger partial charge in [0.1, 0.15) is 11.6 Å². The molecule has 0 aliphatic rings. The fourth-order valence-corrected chi connectivity index (χ4v) is 1.86. The number of halogens is 3. The Labute approximate surface area is 104 Å². The molecule has 6 heteroatoms. The smallest absolute Gasteiger partial charge is 0.234 e. The first-order valence-electron chi connectivity index (χ1n) is 4.67. The average Bonchev–Trinajstić information content (AvgIpc) is 2.62. The zero-order valence-corrected chi connectivity index (χ0v) is 10.3. The van der Waals surface area contributed by atoms with Gasteiger partial charge in [0, 0.05) is 23.9 Å². The maximum absolute atomic E-state index is 13.6. The normalized spacial score (nSPS) is 10.6. The Hall–Kier alpha value is -1.56. The van der Waals surface area contributed by atoms with Crippen LogP contribution in [-0.4, -0.2) is 15.3 Å². The molecule has 17 heavy (non-hydrogen) atoms. The van der Waals surface area contributed by atoms with E-state index in [0.29, 0.717) is 0 Å². The van der Waals surface area contributed by atoms with Crippen molar-refractivity contribution in [3.63, 3.8) is 0 Å². The van der Waals surface area contributed by atoms with Gasteiger partial charge in [-0.3, -0.25) is 4.79 Å². The molecular formula is C11H7BrF2N2O. The number of rotatable bonds is 2. The van der Waals surface area contributed by atoms with Crippen LogP contribution in [0.25, 0.3) is 0 Å². The summed E-state index contributed by atoms with van der Waals surface area (Å²) in [6.45, 7) is 0. The molecule has 0 saturated carbocycles. The number of hydrogen-bond acceptors (Lipinski definition) is 2. The number of aromatic nitrogens is 2. The molecule has 1 heterocycles. The average molecular weight is 301 g/mol. The van der Waals surface area contributed by atoms with Gasteiger partial charge < -0.3 is 4.57 Å². The lowest BCUT2D eigenvalue weighted by Crippen LogP contribution is -2.12. The predicted octanol–water partition coefficient (Wildman–Crippen LogP) is 2.69. The second-order valence-corrected chi connectivity index (χ2v) is 4.35. The summed E-state index contributed by atoms with van der Waals surface area (Å²) < 4.78 is 28.8. The number of benzene rings is 1. The van der Waals surface area contributed by atoms with E-state index in [0.717, 1.165) is 12.1 Å². The van der Waals surface area contributed by atoms with Crippen molar-refractivity contribution in [1.29, 1.82) is 0 Å². The number of ketones is 1. The molecule has 0 amide bonds. The maximum atomic E-state index is 13.6. The van der Waals surface area contributed by atoms with Gasteiger partial charge >= 0.3 is 0 Å². The van der Waals surface area contributed by atoms with Crippen LogP contribution in [0, 0.1) is 11.6 Å². The van der Waals surface area contributed by atoms with Crippen molar-refractivity contribution in [3.8, 4) is 0 Å². The minimum atomic E-state index is -0.912. The third kappa shape index (κ3) is 2.12. The summed E-state index contributed by atoms with van der Waals surface area (Å²) in [5, 5.41) is 0. The Morgan fingerprint density at radius 1 is 1.35 bits per heavy atom. The number of nitrogens with zero attached hydrogens (tertiary/aromatic N) is 2. The lowest BCUT2D eigenvalue weighted by atomic mass is 10.1. The number of imidazole rings is 1. The fraction of sp³-hybridized carbons (Fsp3) is 0.0909. The van der Waals surface area contributed by atoms with Crippen LogP contribution in [0.15, 0.2) is 29.0 Å². The topological polar surface area (TPSA) is 34.9 Å². The van der Waals surface area contributed by atoms with E-state index in [-0.39, 0.29) is 10.3 Å². The van der Waals surface area contributed by atoms with Crippen LogP contribution in [-0.2, 0) is 7.05 Å². The molecule has 2 aromatic rings. The molecular weight excluding hydrogens is 294 g/mol. The van der Waals surface area contributed by atoms with Crippen molar-refractivity contribution in [2.45, 2.75) is 0 Å². The van der Waals surface area contributed by atoms with Crippen molar-refractivity contribution in [3.05, 3.63) is 52.0 Å². The molecule has 1 aromatic carbocycles. The van der Waals surface area contributed by atoms with Gasteiger partial charge in [-0.05, 0) is 12.1 Å². The summed E-state index contributed by atoms with van der Waals surface area (Å²) in [5.74, 6) is -2.61. The summed E-state index contributed by atoms with van der Waals surface area (Å²) in [7, 11) is 1.58. The SMILES string of the molecule is Cn1ccnc1C(=O)c1c(F)cc(Br)cc1F. The summed E-state index contributed by atoms with van der Waals surface area (Å²) in [6.07, 6.45) is 2.92. The summed E-state index contributed by atoms with van der Waals surface area (Å²) in [6, 6.07) is 2.08. The first-order valence-corrected chi connectivity index (χ1v) is 5.46. The number of carbonyl (C=O) groups excluding carboxylic acids is 1. The molecule has 0 spiro atoms. The molecule has 0 bridgehead atoms. The Kier molecular flexibility index (Phi) is 3.06. The lowest BCUT2D eigenvalue weighted by Gasteiger charge is -2.04. The first-order chi connectivity index (χ1) is 8.00. The summed E-state index contributed by atoms with van der Waals surface area (Å²) in [5.41, 5.74) is -0.595. The van der Waals surface area contributed by atoms with Crippen molar-refractivity contribution >= 4 is 21.7 Å². The van der Waals surface area contributed by atoms with E-state index < -0.39 is 23.0 Å². The summed E-state index contributed by atoms with van der Waals surface area (Å²) in [4.78, 5) is 15.7. The molecule has 0 unspecified atom stereocenters. The van der Waals surface area contributed by atoms with E-state index in [1.807, 2.05) is 0 Å². The van der Waals surface area contributed by atoms with Crippen molar-refractivity contribution < 1.29 is 13.6 Å². The molecule has 3 nitrogen and oxygen atoms in total. The quantitative estimate of drug-likeness (QED) is 0.799. The molecule has 2 rings (SSSR count). The van der Waals surface area contributed by atoms with E-state index >= 15 is 0 Å². The van der Waals surface area contributed by atoms with Gasteiger partial charge in [0.15, 0.2) is 5.82 Å². The van der Waals surface area contributed by atoms with Crippen LogP contribution in [0.4, 0.5) is 8.78 Å². The van der Waals surface area contributed by atoms with Crippen LogP contribution >= 0.6 is 15.9 Å². The van der Waals surface area contributed by atoms with Gasteiger partial charge in [-0.2, -0.15) is 0 Å². The Morgan fingerprint density at radius 3 is 2.41 bits per heavy atom. The van der Waals surface area contributed by atoms with Crippen molar-refractivity contribution in [2.75, 3.05) is 0 Å². The highest BCUT2D eigenvalue weighted by Crippen LogP contribution is 2.21. The largest absolute Gasteiger partial charge is 0.331 e. The highest BCUT2D eigenvalue weighted by molar-refractivity contribution is 9.10. The molecule has 0 radical (unpaired) electrons. The van der Waals surface area contributed by atoms with E-state index in [1.165, 1.54) is 17.0 Å². The highest BCUT2D eigenvalue weighted by atomic mass is 79.9. The molecule has 0 N–H and O–H groups in total. The van der Waals surface area contributed by atoms with Crippen molar-refractivity contribution in [2.24, 2.45) is 7.05 Å². The van der Waals surface area contributed by atoms with Gasteiger partial charge in [-0.1, -0.05) is 15.9 Å². The Bertz CT molecular complexity index is 572. The van der Waals surface area contributed by atoms with Gasteiger partial charge in [0.2, 0.25) is 5.78 Å². The van der Waals surface area contributed by atoms with E-state index in [1.54, 1.807) is 7.05 Å². The summed E-state index contributed by atoms with van der Waals surface area (Å²) >= 11 is 2.95. The van der Waals surface area contributed by atoms with E-state index in [4.69, 9.17) is 0 Å². The van der Waals surface area contributed by atoms with Crippen molar-refractivity contribution in [1.82, 2.24) is 9.55 Å².